The van der Waals surface area contributed by atoms with Crippen LogP contribution in [-0.4, -0.2) is 29.8 Å². The molecule has 0 saturated heterocycles. The van der Waals surface area contributed by atoms with E-state index in [1.807, 2.05) is 68.4 Å². The van der Waals surface area contributed by atoms with Crippen LogP contribution in [0, 0.1) is 0 Å². The average molecular weight is 387 g/mol. The Morgan fingerprint density at radius 2 is 1.52 bits per heavy atom. The van der Waals surface area contributed by atoms with E-state index in [1.54, 1.807) is 4.90 Å². The summed E-state index contributed by atoms with van der Waals surface area (Å²) >= 11 is 5.99. The molecule has 2 rings (SSSR count). The number of carbonyl (C=O) groups is 2. The van der Waals surface area contributed by atoms with Crippen molar-refractivity contribution in [3.05, 3.63) is 70.7 Å². The molecule has 4 nitrogen and oxygen atoms in total. The fraction of sp³-hybridized carbons (Fsp3) is 0.364. The highest BCUT2D eigenvalue weighted by Gasteiger charge is 2.17. The van der Waals surface area contributed by atoms with Crippen LogP contribution in [0.1, 0.15) is 50.3 Å². The maximum Gasteiger partial charge on any atom is 0.222 e. The van der Waals surface area contributed by atoms with Crippen LogP contribution >= 0.6 is 11.6 Å². The van der Waals surface area contributed by atoms with Gasteiger partial charge in [0.15, 0.2) is 0 Å². The number of amides is 2. The van der Waals surface area contributed by atoms with Gasteiger partial charge >= 0.3 is 0 Å². The quantitative estimate of drug-likeness (QED) is 0.685. The Kier molecular flexibility index (Phi) is 8.34. The predicted octanol–water partition coefficient (Wildman–Crippen LogP) is 4.58. The minimum absolute atomic E-state index is 0.0638. The van der Waals surface area contributed by atoms with Gasteiger partial charge in [0.2, 0.25) is 11.8 Å². The molecule has 1 unspecified atom stereocenters. The number of rotatable bonds is 9. The molecular weight excluding hydrogens is 360 g/mol. The molecule has 1 atom stereocenters. The highest BCUT2D eigenvalue weighted by molar-refractivity contribution is 6.30. The van der Waals surface area contributed by atoms with Crippen LogP contribution in [0.3, 0.4) is 0 Å². The molecule has 2 aromatic rings. The highest BCUT2D eigenvalue weighted by atomic mass is 35.5. The first-order chi connectivity index (χ1) is 13.0. The zero-order chi connectivity index (χ0) is 19.6. The van der Waals surface area contributed by atoms with Crippen molar-refractivity contribution in [2.45, 2.75) is 39.2 Å². The summed E-state index contributed by atoms with van der Waals surface area (Å²) in [4.78, 5) is 26.4. The third-order valence-electron chi connectivity index (χ3n) is 4.55. The first-order valence-electron chi connectivity index (χ1n) is 9.42. The van der Waals surface area contributed by atoms with Crippen LogP contribution in [0.2, 0.25) is 5.02 Å². The van der Waals surface area contributed by atoms with Crippen LogP contribution in [-0.2, 0) is 9.59 Å². The number of hydrogen-bond donors (Lipinski definition) is 1. The minimum atomic E-state index is -0.241. The van der Waals surface area contributed by atoms with E-state index >= 15 is 0 Å². The third-order valence-corrected chi connectivity index (χ3v) is 4.80. The topological polar surface area (TPSA) is 49.4 Å². The van der Waals surface area contributed by atoms with E-state index in [2.05, 4.69) is 5.32 Å². The molecule has 0 heterocycles. The summed E-state index contributed by atoms with van der Waals surface area (Å²) in [6.45, 7) is 5.33. The van der Waals surface area contributed by atoms with Gasteiger partial charge in [0, 0.05) is 31.0 Å². The lowest BCUT2D eigenvalue weighted by atomic mass is 9.98. The Labute approximate surface area is 166 Å². The monoisotopic (exact) mass is 386 g/mol. The molecule has 0 bridgehead atoms. The number of benzene rings is 2. The molecule has 27 heavy (non-hydrogen) atoms. The van der Waals surface area contributed by atoms with Gasteiger partial charge < -0.3 is 10.2 Å². The molecule has 5 heteroatoms. The van der Waals surface area contributed by atoms with E-state index in [1.165, 1.54) is 0 Å². The average Bonchev–Trinajstić information content (AvgIpc) is 2.68. The van der Waals surface area contributed by atoms with E-state index in [9.17, 15) is 9.59 Å². The number of nitrogens with one attached hydrogen (secondary N) is 1. The van der Waals surface area contributed by atoms with Crippen molar-refractivity contribution in [1.82, 2.24) is 10.2 Å². The molecule has 0 aliphatic rings. The Balaban J connectivity index is 2.00. The van der Waals surface area contributed by atoms with Crippen LogP contribution in [0.4, 0.5) is 0 Å². The first kappa shape index (κ1) is 21.0. The molecule has 2 amide bonds. The van der Waals surface area contributed by atoms with Crippen LogP contribution < -0.4 is 5.32 Å². The molecule has 0 saturated carbocycles. The lowest BCUT2D eigenvalue weighted by Crippen LogP contribution is -2.31. The number of carbonyl (C=O) groups excluding carboxylic acids is 2. The highest BCUT2D eigenvalue weighted by Crippen LogP contribution is 2.23. The van der Waals surface area contributed by atoms with Crippen molar-refractivity contribution in [2.24, 2.45) is 0 Å². The number of halogens is 1. The molecule has 2 aromatic carbocycles. The summed E-state index contributed by atoms with van der Waals surface area (Å²) in [6, 6.07) is 17.1. The maximum atomic E-state index is 12.5. The van der Waals surface area contributed by atoms with Gasteiger partial charge in [0.1, 0.15) is 0 Å². The van der Waals surface area contributed by atoms with Gasteiger partial charge in [-0.1, -0.05) is 54.1 Å². The Morgan fingerprint density at radius 3 is 2.11 bits per heavy atom. The fourth-order valence-electron chi connectivity index (χ4n) is 3.03. The lowest BCUT2D eigenvalue weighted by molar-refractivity contribution is -0.131. The van der Waals surface area contributed by atoms with Crippen LogP contribution in [0.25, 0.3) is 0 Å². The third kappa shape index (κ3) is 6.40. The first-order valence-corrected chi connectivity index (χ1v) is 9.80. The summed E-state index contributed by atoms with van der Waals surface area (Å²) in [5.74, 6) is 0.0382. The zero-order valence-corrected chi connectivity index (χ0v) is 16.7. The maximum absolute atomic E-state index is 12.5. The fourth-order valence-corrected chi connectivity index (χ4v) is 3.15. The summed E-state index contributed by atoms with van der Waals surface area (Å²) < 4.78 is 0. The SMILES string of the molecule is CCN(CC)C(=O)CCCC(=O)NC(c1ccccc1)c1ccc(Cl)cc1. The van der Waals surface area contributed by atoms with Gasteiger partial charge in [-0.05, 0) is 43.5 Å². The predicted molar refractivity (Wildman–Crippen MR) is 110 cm³/mol. The molecule has 0 aromatic heterocycles. The lowest BCUT2D eigenvalue weighted by Gasteiger charge is -2.21. The summed E-state index contributed by atoms with van der Waals surface area (Å²) in [6.07, 6.45) is 1.26. The standard InChI is InChI=1S/C22H27ClN2O2/c1-3-25(4-2)21(27)12-8-11-20(26)24-22(17-9-6-5-7-10-17)18-13-15-19(23)16-14-18/h5-7,9-10,13-16,22H,3-4,8,11-12H2,1-2H3,(H,24,26). The van der Waals surface area contributed by atoms with Crippen molar-refractivity contribution in [2.75, 3.05) is 13.1 Å². The molecule has 0 radical (unpaired) electrons. The van der Waals surface area contributed by atoms with E-state index < -0.39 is 0 Å². The van der Waals surface area contributed by atoms with Gasteiger partial charge in [0.05, 0.1) is 6.04 Å². The van der Waals surface area contributed by atoms with Crippen molar-refractivity contribution >= 4 is 23.4 Å². The smallest absolute Gasteiger partial charge is 0.222 e. The number of hydrogen-bond acceptors (Lipinski definition) is 2. The molecule has 0 aliphatic carbocycles. The largest absolute Gasteiger partial charge is 0.345 e. The van der Waals surface area contributed by atoms with Gasteiger partial charge in [-0.25, -0.2) is 0 Å². The Bertz CT molecular complexity index is 728. The zero-order valence-electron chi connectivity index (χ0n) is 16.0. The van der Waals surface area contributed by atoms with Gasteiger partial charge in [-0.3, -0.25) is 9.59 Å². The summed E-state index contributed by atoms with van der Waals surface area (Å²) in [5.41, 5.74) is 1.98. The second-order valence-electron chi connectivity index (χ2n) is 6.38. The summed E-state index contributed by atoms with van der Waals surface area (Å²) in [7, 11) is 0. The number of nitrogens with zero attached hydrogens (tertiary/aromatic N) is 1. The van der Waals surface area contributed by atoms with E-state index in [4.69, 9.17) is 11.6 Å². The second-order valence-corrected chi connectivity index (χ2v) is 6.82. The summed E-state index contributed by atoms with van der Waals surface area (Å²) in [5, 5.41) is 3.75. The van der Waals surface area contributed by atoms with E-state index in [0.717, 1.165) is 11.1 Å². The second kappa shape index (κ2) is 10.7. The van der Waals surface area contributed by atoms with Crippen molar-refractivity contribution in [3.63, 3.8) is 0 Å². The normalized spacial score (nSPS) is 11.7. The Morgan fingerprint density at radius 1 is 0.926 bits per heavy atom. The van der Waals surface area contributed by atoms with Crippen molar-refractivity contribution < 1.29 is 9.59 Å². The minimum Gasteiger partial charge on any atom is -0.345 e. The van der Waals surface area contributed by atoms with Crippen molar-refractivity contribution in [1.29, 1.82) is 0 Å². The molecule has 0 aliphatic heterocycles. The molecule has 0 spiro atoms. The van der Waals surface area contributed by atoms with E-state index in [-0.39, 0.29) is 17.9 Å². The van der Waals surface area contributed by atoms with Crippen LogP contribution in [0.15, 0.2) is 54.6 Å². The Hall–Kier alpha value is -2.33. The molecule has 1 N–H and O–H groups in total. The van der Waals surface area contributed by atoms with E-state index in [0.29, 0.717) is 37.4 Å². The van der Waals surface area contributed by atoms with Crippen LogP contribution in [0.5, 0.6) is 0 Å². The molecular formula is C22H27ClN2O2. The molecule has 144 valence electrons. The van der Waals surface area contributed by atoms with Crippen molar-refractivity contribution in [3.8, 4) is 0 Å². The molecule has 0 fully saturated rings. The van der Waals surface area contributed by atoms with Gasteiger partial charge in [-0.2, -0.15) is 0 Å². The van der Waals surface area contributed by atoms with Gasteiger partial charge in [0.25, 0.3) is 0 Å². The van der Waals surface area contributed by atoms with Gasteiger partial charge in [-0.15, -0.1) is 0 Å².